The lowest BCUT2D eigenvalue weighted by Crippen LogP contribution is -2.05. The van der Waals surface area contributed by atoms with E-state index in [2.05, 4.69) is 40.6 Å². The first-order chi connectivity index (χ1) is 14.7. The van der Waals surface area contributed by atoms with Gasteiger partial charge in [-0.1, -0.05) is 54.6 Å². The summed E-state index contributed by atoms with van der Waals surface area (Å²) in [6, 6.07) is 26.3. The predicted octanol–water partition coefficient (Wildman–Crippen LogP) is 5.29. The fourth-order valence-corrected chi connectivity index (χ4v) is 3.25. The van der Waals surface area contributed by atoms with Crippen molar-refractivity contribution in [2.24, 2.45) is 7.05 Å². The van der Waals surface area contributed by atoms with E-state index in [0.717, 1.165) is 39.8 Å². The highest BCUT2D eigenvalue weighted by Gasteiger charge is 2.09. The number of anilines is 1. The summed E-state index contributed by atoms with van der Waals surface area (Å²) in [5.41, 5.74) is 4.41. The van der Waals surface area contributed by atoms with Gasteiger partial charge >= 0.3 is 0 Å². The number of nitrogens with one attached hydrogen (secondary N) is 1. The third kappa shape index (κ3) is 4.63. The molecule has 1 aromatic heterocycles. The van der Waals surface area contributed by atoms with Crippen molar-refractivity contribution in [3.05, 3.63) is 96.2 Å². The molecule has 0 saturated heterocycles. The second-order valence-corrected chi connectivity index (χ2v) is 7.03. The van der Waals surface area contributed by atoms with Gasteiger partial charge in [-0.15, -0.1) is 0 Å². The molecule has 0 saturated carbocycles. The molecule has 30 heavy (non-hydrogen) atoms. The maximum atomic E-state index is 5.85. The van der Waals surface area contributed by atoms with Crippen molar-refractivity contribution in [1.29, 1.82) is 0 Å². The number of aromatic nitrogens is 2. The standard InChI is InChI=1S/C25H25N3O2/c1-28-24(21-9-6-10-23(15-21)29-2)17-27-25(28)26-16-19-11-13-22(14-12-19)30-18-20-7-4-3-5-8-20/h3-15,17H,16,18H2,1-2H3,(H,26,27). The highest BCUT2D eigenvalue weighted by molar-refractivity contribution is 5.63. The second kappa shape index (κ2) is 9.18. The number of rotatable bonds is 8. The van der Waals surface area contributed by atoms with Gasteiger partial charge in [0.05, 0.1) is 19.0 Å². The molecule has 4 aromatic rings. The molecule has 0 spiro atoms. The first kappa shape index (κ1) is 19.6. The summed E-state index contributed by atoms with van der Waals surface area (Å²) in [7, 11) is 3.68. The number of methoxy groups -OCH3 is 1. The minimum atomic E-state index is 0.568. The highest BCUT2D eigenvalue weighted by Crippen LogP contribution is 2.25. The molecule has 0 amide bonds. The highest BCUT2D eigenvalue weighted by atomic mass is 16.5. The van der Waals surface area contributed by atoms with Crippen LogP contribution in [0.4, 0.5) is 5.95 Å². The molecule has 0 bridgehead atoms. The van der Waals surface area contributed by atoms with Gasteiger partial charge in [-0.3, -0.25) is 0 Å². The van der Waals surface area contributed by atoms with Crippen LogP contribution in [0, 0.1) is 0 Å². The number of imidazole rings is 1. The van der Waals surface area contributed by atoms with Gasteiger partial charge in [0.1, 0.15) is 18.1 Å². The van der Waals surface area contributed by atoms with E-state index >= 15 is 0 Å². The molecule has 152 valence electrons. The van der Waals surface area contributed by atoms with Crippen LogP contribution < -0.4 is 14.8 Å². The Labute approximate surface area is 176 Å². The van der Waals surface area contributed by atoms with Gasteiger partial charge in [0.25, 0.3) is 0 Å². The van der Waals surface area contributed by atoms with E-state index in [0.29, 0.717) is 13.2 Å². The van der Waals surface area contributed by atoms with Crippen LogP contribution in [0.3, 0.4) is 0 Å². The SMILES string of the molecule is COc1cccc(-c2cnc(NCc3ccc(OCc4ccccc4)cc3)n2C)c1. The Morgan fingerprint density at radius 1 is 0.867 bits per heavy atom. The van der Waals surface area contributed by atoms with Crippen LogP contribution in [-0.4, -0.2) is 16.7 Å². The smallest absolute Gasteiger partial charge is 0.203 e. The van der Waals surface area contributed by atoms with Crippen molar-refractivity contribution in [2.75, 3.05) is 12.4 Å². The molecule has 4 rings (SSSR count). The molecule has 5 heteroatoms. The average Bonchev–Trinajstić information content (AvgIpc) is 3.18. The summed E-state index contributed by atoms with van der Waals surface area (Å²) in [6.45, 7) is 1.25. The van der Waals surface area contributed by atoms with Crippen molar-refractivity contribution in [3.8, 4) is 22.8 Å². The van der Waals surface area contributed by atoms with Crippen molar-refractivity contribution < 1.29 is 9.47 Å². The summed E-state index contributed by atoms with van der Waals surface area (Å²) in [6.07, 6.45) is 1.87. The zero-order valence-electron chi connectivity index (χ0n) is 17.2. The number of benzene rings is 3. The first-order valence-electron chi connectivity index (χ1n) is 9.88. The van der Waals surface area contributed by atoms with Crippen LogP contribution in [-0.2, 0) is 20.2 Å². The molecule has 0 aliphatic heterocycles. The van der Waals surface area contributed by atoms with Crippen molar-refractivity contribution >= 4 is 5.95 Å². The molecular formula is C25H25N3O2. The molecule has 0 radical (unpaired) electrons. The molecule has 1 N–H and O–H groups in total. The van der Waals surface area contributed by atoms with Crippen molar-refractivity contribution in [1.82, 2.24) is 9.55 Å². The van der Waals surface area contributed by atoms with Gasteiger partial charge in [-0.25, -0.2) is 4.98 Å². The summed E-state index contributed by atoms with van der Waals surface area (Å²) in [5, 5.41) is 3.41. The van der Waals surface area contributed by atoms with E-state index in [1.54, 1.807) is 7.11 Å². The Kier molecular flexibility index (Phi) is 5.99. The van der Waals surface area contributed by atoms with Crippen molar-refractivity contribution in [2.45, 2.75) is 13.2 Å². The largest absolute Gasteiger partial charge is 0.497 e. The Bertz CT molecular complexity index is 1090. The minimum Gasteiger partial charge on any atom is -0.497 e. The van der Waals surface area contributed by atoms with Crippen LogP contribution in [0.5, 0.6) is 11.5 Å². The summed E-state index contributed by atoms with van der Waals surface area (Å²) in [4.78, 5) is 4.53. The Morgan fingerprint density at radius 3 is 2.43 bits per heavy atom. The minimum absolute atomic E-state index is 0.568. The number of ether oxygens (including phenoxy) is 2. The van der Waals surface area contributed by atoms with Gasteiger partial charge in [-0.2, -0.15) is 0 Å². The van der Waals surface area contributed by atoms with E-state index < -0.39 is 0 Å². The predicted molar refractivity (Wildman–Crippen MR) is 120 cm³/mol. The van der Waals surface area contributed by atoms with Gasteiger partial charge in [0.15, 0.2) is 0 Å². The molecule has 0 aliphatic carbocycles. The molecule has 3 aromatic carbocycles. The van der Waals surface area contributed by atoms with E-state index in [-0.39, 0.29) is 0 Å². The lowest BCUT2D eigenvalue weighted by molar-refractivity contribution is 0.306. The summed E-state index contributed by atoms with van der Waals surface area (Å²) in [5.74, 6) is 2.51. The molecule has 0 fully saturated rings. The van der Waals surface area contributed by atoms with Crippen molar-refractivity contribution in [3.63, 3.8) is 0 Å². The number of nitrogens with zero attached hydrogens (tertiary/aromatic N) is 2. The fraction of sp³-hybridized carbons (Fsp3) is 0.160. The first-order valence-corrected chi connectivity index (χ1v) is 9.88. The average molecular weight is 399 g/mol. The molecule has 0 unspecified atom stereocenters. The maximum absolute atomic E-state index is 5.85. The van der Waals surface area contributed by atoms with Gasteiger partial charge < -0.3 is 19.4 Å². The zero-order valence-corrected chi connectivity index (χ0v) is 17.2. The lowest BCUT2D eigenvalue weighted by Gasteiger charge is -2.10. The maximum Gasteiger partial charge on any atom is 0.203 e. The third-order valence-corrected chi connectivity index (χ3v) is 4.98. The van der Waals surface area contributed by atoms with Crippen LogP contribution in [0.2, 0.25) is 0 Å². The second-order valence-electron chi connectivity index (χ2n) is 7.03. The van der Waals surface area contributed by atoms with Gasteiger partial charge in [0.2, 0.25) is 5.95 Å². The monoisotopic (exact) mass is 399 g/mol. The van der Waals surface area contributed by atoms with E-state index in [9.17, 15) is 0 Å². The van der Waals surface area contributed by atoms with Crippen LogP contribution in [0.15, 0.2) is 85.1 Å². The van der Waals surface area contributed by atoms with Crippen LogP contribution in [0.1, 0.15) is 11.1 Å². The molecule has 0 atom stereocenters. The quantitative estimate of drug-likeness (QED) is 0.438. The topological polar surface area (TPSA) is 48.3 Å². The van der Waals surface area contributed by atoms with E-state index in [4.69, 9.17) is 9.47 Å². The summed E-state index contributed by atoms with van der Waals surface area (Å²) >= 11 is 0. The van der Waals surface area contributed by atoms with E-state index in [1.165, 1.54) is 0 Å². The van der Waals surface area contributed by atoms with Gasteiger partial charge in [-0.05, 0) is 35.4 Å². The van der Waals surface area contributed by atoms with Crippen LogP contribution >= 0.6 is 0 Å². The molecule has 0 aliphatic rings. The van der Waals surface area contributed by atoms with Crippen LogP contribution in [0.25, 0.3) is 11.3 Å². The zero-order chi connectivity index (χ0) is 20.8. The third-order valence-electron chi connectivity index (χ3n) is 4.98. The number of hydrogen-bond acceptors (Lipinski definition) is 4. The lowest BCUT2D eigenvalue weighted by atomic mass is 10.1. The number of hydrogen-bond donors (Lipinski definition) is 1. The Morgan fingerprint density at radius 2 is 1.67 bits per heavy atom. The Hall–Kier alpha value is -3.73. The fourth-order valence-electron chi connectivity index (χ4n) is 3.25. The molecule has 1 heterocycles. The Balaban J connectivity index is 1.36. The molecular weight excluding hydrogens is 374 g/mol. The van der Waals surface area contributed by atoms with E-state index in [1.807, 2.05) is 66.3 Å². The van der Waals surface area contributed by atoms with Gasteiger partial charge in [0, 0.05) is 19.2 Å². The molecule has 5 nitrogen and oxygen atoms in total. The normalized spacial score (nSPS) is 10.6. The summed E-state index contributed by atoms with van der Waals surface area (Å²) < 4.78 is 13.2.